The second-order valence-corrected chi connectivity index (χ2v) is 4.37. The van der Waals surface area contributed by atoms with Gasteiger partial charge in [0.25, 0.3) is 0 Å². The molecule has 0 radical (unpaired) electrons. The van der Waals surface area contributed by atoms with Gasteiger partial charge in [-0.2, -0.15) is 0 Å². The predicted octanol–water partition coefficient (Wildman–Crippen LogP) is -0.302. The predicted molar refractivity (Wildman–Crippen MR) is 61.4 cm³/mol. The Labute approximate surface area is 115 Å². The van der Waals surface area contributed by atoms with Gasteiger partial charge in [-0.25, -0.2) is 0 Å². The Morgan fingerprint density at radius 2 is 1.88 bits per heavy atom. The fourth-order valence-electron chi connectivity index (χ4n) is 2.14. The maximum atomic E-state index is 11.5. The van der Waals surface area contributed by atoms with Crippen LogP contribution in [-0.2, 0) is 10.3 Å². The summed E-state index contributed by atoms with van der Waals surface area (Å²) in [4.78, 5) is 0. The van der Waals surface area contributed by atoms with Crippen molar-refractivity contribution in [1.29, 1.82) is 0 Å². The fourth-order valence-corrected chi connectivity index (χ4v) is 2.14. The topological polar surface area (TPSA) is 32.3 Å². The summed E-state index contributed by atoms with van der Waals surface area (Å²) >= 11 is 0. The first-order valence-electron chi connectivity index (χ1n) is 5.83. The molecule has 1 aliphatic heterocycles. The first-order chi connectivity index (χ1) is 7.68. The summed E-state index contributed by atoms with van der Waals surface area (Å²) in [6, 6.07) is 9.95. The quantitative estimate of drug-likeness (QED) is 0.658. The molecule has 1 heterocycles. The van der Waals surface area contributed by atoms with E-state index in [2.05, 4.69) is 6.92 Å². The van der Waals surface area contributed by atoms with Gasteiger partial charge in [0, 0.05) is 0 Å². The third-order valence-corrected chi connectivity index (χ3v) is 3.22. The zero-order valence-electron chi connectivity index (χ0n) is 10.8. The average molecular weight is 224 g/mol. The molecule has 0 saturated heterocycles. The van der Waals surface area contributed by atoms with E-state index in [9.17, 15) is 5.11 Å². The summed E-state index contributed by atoms with van der Waals surface area (Å²) in [7, 11) is 0. The third kappa shape index (κ3) is 2.54. The van der Waals surface area contributed by atoms with Crippen LogP contribution in [0.2, 0.25) is 0 Å². The van der Waals surface area contributed by atoms with Gasteiger partial charge in [-0.1, -0.05) is 43.7 Å². The maximum absolute atomic E-state index is 11.5. The smallest absolute Gasteiger partial charge is 0.598 e. The molecule has 0 amide bonds. The molecule has 1 unspecified atom stereocenters. The molecule has 0 fully saturated rings. The molecule has 0 saturated carbocycles. The monoisotopic (exact) mass is 224 g/mol. The van der Waals surface area contributed by atoms with Gasteiger partial charge < -0.3 is 9.84 Å². The number of hydrogen-bond donors (Lipinski definition) is 0. The summed E-state index contributed by atoms with van der Waals surface area (Å²) < 4.78 is 5.35. The van der Waals surface area contributed by atoms with Gasteiger partial charge in [0.05, 0.1) is 11.5 Å². The van der Waals surface area contributed by atoms with Crippen molar-refractivity contribution in [2.24, 2.45) is 0 Å². The minimum absolute atomic E-state index is 0. The molecule has 0 bridgehead atoms. The fraction of sp³-hybridized carbons (Fsp3) is 0.429. The summed E-state index contributed by atoms with van der Waals surface area (Å²) in [5.41, 5.74) is 1.51. The van der Waals surface area contributed by atoms with Crippen molar-refractivity contribution in [2.75, 3.05) is 0 Å². The van der Waals surface area contributed by atoms with Crippen molar-refractivity contribution >= 4 is 0 Å². The van der Waals surface area contributed by atoms with Crippen LogP contribution in [0, 0.1) is 0 Å². The van der Waals surface area contributed by atoms with E-state index in [4.69, 9.17) is 4.74 Å². The van der Waals surface area contributed by atoms with Crippen molar-refractivity contribution in [3.63, 3.8) is 0 Å². The molecule has 0 spiro atoms. The molecule has 1 aliphatic rings. The molecule has 17 heavy (non-hydrogen) atoms. The van der Waals surface area contributed by atoms with Crippen molar-refractivity contribution in [3.05, 3.63) is 47.4 Å². The average Bonchev–Trinajstić information content (AvgIpc) is 2.30. The summed E-state index contributed by atoms with van der Waals surface area (Å²) in [5, 5.41) is 11.5. The van der Waals surface area contributed by atoms with Gasteiger partial charge >= 0.3 is 18.9 Å². The van der Waals surface area contributed by atoms with Crippen LogP contribution in [0.25, 0.3) is 0 Å². The van der Waals surface area contributed by atoms with E-state index in [1.165, 1.54) is 0 Å². The summed E-state index contributed by atoms with van der Waals surface area (Å²) in [6.07, 6.45) is 3.00. The second kappa shape index (κ2) is 5.67. The molecule has 3 heteroatoms. The van der Waals surface area contributed by atoms with Crippen molar-refractivity contribution < 1.29 is 28.7 Å². The van der Waals surface area contributed by atoms with E-state index < -0.39 is 5.60 Å². The van der Waals surface area contributed by atoms with Crippen LogP contribution in [-0.4, -0.2) is 0 Å². The van der Waals surface area contributed by atoms with Gasteiger partial charge in [0.1, 0.15) is 0 Å². The van der Waals surface area contributed by atoms with Crippen molar-refractivity contribution in [2.45, 2.75) is 38.7 Å². The number of rotatable bonds is 4. The van der Waals surface area contributed by atoms with E-state index >= 15 is 0 Å². The number of benzene rings is 1. The Morgan fingerprint density at radius 3 is 2.41 bits per heavy atom. The van der Waals surface area contributed by atoms with E-state index in [0.717, 1.165) is 30.4 Å². The van der Waals surface area contributed by atoms with E-state index in [-0.39, 0.29) is 24.8 Å². The van der Waals surface area contributed by atoms with E-state index in [1.54, 1.807) is 0 Å². The molecular formula is C14H17LiO2. The Balaban J connectivity index is 0.00000144. The summed E-state index contributed by atoms with van der Waals surface area (Å²) in [5.74, 6) is -0.125. The third-order valence-electron chi connectivity index (χ3n) is 3.22. The molecule has 2 nitrogen and oxygen atoms in total. The Hall–Kier alpha value is -0.843. The normalized spacial score (nSPS) is 22.5. The van der Waals surface area contributed by atoms with Gasteiger partial charge in [0.2, 0.25) is 0 Å². The molecule has 1 aromatic carbocycles. The zero-order chi connectivity index (χ0) is 11.6. The molecule has 0 aromatic heterocycles. The Bertz CT molecular complexity index is 400. The van der Waals surface area contributed by atoms with Gasteiger partial charge in [-0.15, -0.1) is 0 Å². The minimum Gasteiger partial charge on any atom is -0.598 e. The van der Waals surface area contributed by atoms with Crippen LogP contribution in [0.4, 0.5) is 0 Å². The maximum Gasteiger partial charge on any atom is 1.00 e. The second-order valence-electron chi connectivity index (χ2n) is 4.37. The van der Waals surface area contributed by atoms with Crippen molar-refractivity contribution in [1.82, 2.24) is 0 Å². The van der Waals surface area contributed by atoms with Gasteiger partial charge in [-0.05, 0) is 30.9 Å². The van der Waals surface area contributed by atoms with Crippen LogP contribution in [0.15, 0.2) is 41.9 Å². The van der Waals surface area contributed by atoms with Crippen LogP contribution < -0.4 is 24.0 Å². The summed E-state index contributed by atoms with van der Waals surface area (Å²) in [6.45, 7) is 4.11. The largest absolute Gasteiger partial charge is 1.00 e. The SMILES string of the molecule is CCCCC1=C([O-])OC1(C)c1ccccc1.[Li+]. The Morgan fingerprint density at radius 1 is 1.24 bits per heavy atom. The zero-order valence-corrected chi connectivity index (χ0v) is 10.8. The van der Waals surface area contributed by atoms with Crippen molar-refractivity contribution in [3.8, 4) is 0 Å². The molecule has 0 N–H and O–H groups in total. The van der Waals surface area contributed by atoms with Crippen LogP contribution >= 0.6 is 0 Å². The van der Waals surface area contributed by atoms with Crippen LogP contribution in [0.1, 0.15) is 38.7 Å². The van der Waals surface area contributed by atoms with Crippen LogP contribution in [0.3, 0.4) is 0 Å². The minimum atomic E-state index is -0.479. The van der Waals surface area contributed by atoms with E-state index in [0.29, 0.717) is 0 Å². The van der Waals surface area contributed by atoms with Crippen LogP contribution in [0.5, 0.6) is 0 Å². The molecule has 1 aromatic rings. The van der Waals surface area contributed by atoms with Gasteiger partial charge in [0.15, 0.2) is 0 Å². The molecule has 86 valence electrons. The first-order valence-corrected chi connectivity index (χ1v) is 5.83. The standard InChI is InChI=1S/C14H18O2.Li/c1-3-4-10-12-13(15)16-14(12,2)11-8-6-5-7-9-11;/h5-9,15H,3-4,10H2,1-2H3;/q;+1/p-1. The Kier molecular flexibility index (Phi) is 4.74. The first kappa shape index (κ1) is 14.2. The molecule has 1 atom stereocenters. The number of ether oxygens (including phenoxy) is 1. The number of hydrogen-bond acceptors (Lipinski definition) is 2. The molecule has 0 aliphatic carbocycles. The van der Waals surface area contributed by atoms with Gasteiger partial charge in [-0.3, -0.25) is 0 Å². The molecular weight excluding hydrogens is 207 g/mol. The van der Waals surface area contributed by atoms with E-state index in [1.807, 2.05) is 37.3 Å². The molecule has 2 rings (SSSR count). The number of unbranched alkanes of at least 4 members (excludes halogenated alkanes) is 1.